The molecule has 2 atom stereocenters. The molecule has 110 valence electrons. The van der Waals surface area contributed by atoms with E-state index in [0.29, 0.717) is 0 Å². The first kappa shape index (κ1) is 15.5. The molecule has 0 spiro atoms. The van der Waals surface area contributed by atoms with Crippen LogP contribution in [0.4, 0.5) is 0 Å². The number of nitrogens with zero attached hydrogens (tertiary/aromatic N) is 3. The zero-order valence-electron chi connectivity index (χ0n) is 12.1. The summed E-state index contributed by atoms with van der Waals surface area (Å²) in [5.41, 5.74) is 6.34. The van der Waals surface area contributed by atoms with E-state index in [1.165, 1.54) is 0 Å². The van der Waals surface area contributed by atoms with Crippen molar-refractivity contribution in [1.82, 2.24) is 14.8 Å². The maximum atomic E-state index is 6.34. The Labute approximate surface area is 129 Å². The molecule has 0 saturated heterocycles. The van der Waals surface area contributed by atoms with E-state index >= 15 is 0 Å². The van der Waals surface area contributed by atoms with Crippen LogP contribution in [0.25, 0.3) is 0 Å². The first-order valence-electron chi connectivity index (χ1n) is 7.05. The smallest absolute Gasteiger partial charge is 0.150 e. The minimum absolute atomic E-state index is 0.00132. The average Bonchev–Trinajstić information content (AvgIpc) is 3.05. The van der Waals surface area contributed by atoms with Crippen molar-refractivity contribution in [3.05, 3.63) is 33.0 Å². The van der Waals surface area contributed by atoms with Gasteiger partial charge in [-0.05, 0) is 18.6 Å². The largest absolute Gasteiger partial charge is 0.326 e. The number of aromatic nitrogens is 3. The molecule has 0 aromatic carbocycles. The highest BCUT2D eigenvalue weighted by atomic mass is 35.5. The Kier molecular flexibility index (Phi) is 5.18. The molecule has 2 unspecified atom stereocenters. The van der Waals surface area contributed by atoms with Crippen molar-refractivity contribution in [1.29, 1.82) is 0 Å². The van der Waals surface area contributed by atoms with Crippen molar-refractivity contribution in [2.24, 2.45) is 5.73 Å². The number of hydrogen-bond acceptors (Lipinski definition) is 4. The van der Waals surface area contributed by atoms with Crippen LogP contribution in [-0.2, 0) is 12.8 Å². The fourth-order valence-corrected chi connectivity index (χ4v) is 3.46. The van der Waals surface area contributed by atoms with Gasteiger partial charge >= 0.3 is 0 Å². The van der Waals surface area contributed by atoms with Crippen LogP contribution in [-0.4, -0.2) is 20.8 Å². The van der Waals surface area contributed by atoms with E-state index in [1.54, 1.807) is 11.3 Å². The van der Waals surface area contributed by atoms with E-state index in [4.69, 9.17) is 17.3 Å². The summed E-state index contributed by atoms with van der Waals surface area (Å²) in [5.74, 6) is 1.86. The van der Waals surface area contributed by atoms with E-state index in [-0.39, 0.29) is 12.1 Å². The molecule has 2 N–H and O–H groups in total. The highest BCUT2D eigenvalue weighted by molar-refractivity contribution is 7.16. The van der Waals surface area contributed by atoms with Gasteiger partial charge in [-0.25, -0.2) is 9.67 Å². The molecule has 4 nitrogen and oxygen atoms in total. The van der Waals surface area contributed by atoms with Crippen molar-refractivity contribution in [2.45, 2.75) is 52.1 Å². The van der Waals surface area contributed by atoms with Crippen LogP contribution in [0.1, 0.15) is 49.8 Å². The summed E-state index contributed by atoms with van der Waals surface area (Å²) in [6.07, 6.45) is 2.56. The SMILES string of the molecule is CCc1nc(CC)n(C(c2ccc(Cl)s2)C(N)CC)n1. The van der Waals surface area contributed by atoms with E-state index in [2.05, 4.69) is 30.9 Å². The third-order valence-corrected chi connectivity index (χ3v) is 4.71. The van der Waals surface area contributed by atoms with Gasteiger partial charge in [0.15, 0.2) is 5.82 Å². The van der Waals surface area contributed by atoms with Crippen LogP contribution in [0.5, 0.6) is 0 Å². The topological polar surface area (TPSA) is 56.7 Å². The van der Waals surface area contributed by atoms with Crippen molar-refractivity contribution >= 4 is 22.9 Å². The number of hydrogen-bond donors (Lipinski definition) is 1. The van der Waals surface area contributed by atoms with Gasteiger partial charge in [0, 0.05) is 23.8 Å². The average molecular weight is 313 g/mol. The van der Waals surface area contributed by atoms with Crippen LogP contribution in [0, 0.1) is 0 Å². The molecule has 0 aliphatic rings. The second kappa shape index (κ2) is 6.70. The van der Waals surface area contributed by atoms with E-state index in [1.807, 2.05) is 16.8 Å². The van der Waals surface area contributed by atoms with Crippen molar-refractivity contribution in [2.75, 3.05) is 0 Å². The van der Waals surface area contributed by atoms with Gasteiger partial charge in [-0.2, -0.15) is 5.10 Å². The molecule has 0 fully saturated rings. The van der Waals surface area contributed by atoms with Gasteiger partial charge in [0.1, 0.15) is 11.9 Å². The lowest BCUT2D eigenvalue weighted by Gasteiger charge is -2.23. The number of rotatable bonds is 6. The molecule has 2 heterocycles. The van der Waals surface area contributed by atoms with Crippen LogP contribution in [0.3, 0.4) is 0 Å². The summed E-state index contributed by atoms with van der Waals surface area (Å²) in [7, 11) is 0. The lowest BCUT2D eigenvalue weighted by atomic mass is 10.1. The molecule has 0 aliphatic carbocycles. The first-order valence-corrected chi connectivity index (χ1v) is 8.25. The van der Waals surface area contributed by atoms with Gasteiger partial charge in [0.25, 0.3) is 0 Å². The Morgan fingerprint density at radius 2 is 2.05 bits per heavy atom. The molecule has 0 bridgehead atoms. The summed E-state index contributed by atoms with van der Waals surface area (Å²) in [5, 5.41) is 4.64. The monoisotopic (exact) mass is 312 g/mol. The Hall–Kier alpha value is -0.910. The highest BCUT2D eigenvalue weighted by Gasteiger charge is 2.26. The maximum absolute atomic E-state index is 6.34. The molecular formula is C14H21ClN4S. The first-order chi connectivity index (χ1) is 9.60. The summed E-state index contributed by atoms with van der Waals surface area (Å²) < 4.78 is 2.77. The molecule has 0 amide bonds. The second-order valence-corrected chi connectivity index (χ2v) is 6.50. The van der Waals surface area contributed by atoms with Gasteiger partial charge in [0.2, 0.25) is 0 Å². The molecule has 0 radical (unpaired) electrons. The Bertz CT molecular complexity index is 563. The number of aryl methyl sites for hydroxylation is 2. The fourth-order valence-electron chi connectivity index (χ4n) is 2.24. The number of nitrogens with two attached hydrogens (primary N) is 1. The summed E-state index contributed by atoms with van der Waals surface area (Å²) in [6, 6.07) is 3.97. The molecule has 2 rings (SSSR count). The normalized spacial score (nSPS) is 14.4. The second-order valence-electron chi connectivity index (χ2n) is 4.75. The summed E-state index contributed by atoms with van der Waals surface area (Å²) in [6.45, 7) is 6.25. The van der Waals surface area contributed by atoms with Crippen LogP contribution >= 0.6 is 22.9 Å². The van der Waals surface area contributed by atoms with Crippen molar-refractivity contribution in [3.63, 3.8) is 0 Å². The van der Waals surface area contributed by atoms with Crippen molar-refractivity contribution in [3.8, 4) is 0 Å². The predicted octanol–water partition coefficient (Wildman–Crippen LogP) is 3.44. The third kappa shape index (κ3) is 3.05. The summed E-state index contributed by atoms with van der Waals surface area (Å²) in [4.78, 5) is 5.73. The lowest BCUT2D eigenvalue weighted by molar-refractivity contribution is 0.415. The maximum Gasteiger partial charge on any atom is 0.150 e. The van der Waals surface area contributed by atoms with Gasteiger partial charge in [-0.1, -0.05) is 32.4 Å². The van der Waals surface area contributed by atoms with E-state index in [9.17, 15) is 0 Å². The Morgan fingerprint density at radius 1 is 1.30 bits per heavy atom. The van der Waals surface area contributed by atoms with Gasteiger partial charge in [-0.15, -0.1) is 11.3 Å². The molecular weight excluding hydrogens is 292 g/mol. The molecule has 0 aliphatic heterocycles. The standard InChI is InChI=1S/C14H21ClN4S/c1-4-9(16)14(10-7-8-11(15)20-10)19-13(6-3)17-12(5-2)18-19/h7-9,14H,4-6,16H2,1-3H3. The van der Waals surface area contributed by atoms with E-state index < -0.39 is 0 Å². The molecule has 0 saturated carbocycles. The van der Waals surface area contributed by atoms with Crippen LogP contribution < -0.4 is 5.73 Å². The van der Waals surface area contributed by atoms with Gasteiger partial charge in [0.05, 0.1) is 4.34 Å². The zero-order chi connectivity index (χ0) is 14.7. The minimum Gasteiger partial charge on any atom is -0.326 e. The van der Waals surface area contributed by atoms with Crippen molar-refractivity contribution < 1.29 is 0 Å². The van der Waals surface area contributed by atoms with E-state index in [0.717, 1.165) is 40.1 Å². The molecule has 2 aromatic rings. The molecule has 2 aromatic heterocycles. The molecule has 20 heavy (non-hydrogen) atoms. The third-order valence-electron chi connectivity index (χ3n) is 3.40. The molecule has 6 heteroatoms. The minimum atomic E-state index is 0.00132. The number of halogens is 1. The fraction of sp³-hybridized carbons (Fsp3) is 0.571. The Morgan fingerprint density at radius 3 is 2.55 bits per heavy atom. The van der Waals surface area contributed by atoms with Gasteiger partial charge < -0.3 is 5.73 Å². The Balaban J connectivity index is 2.48. The lowest BCUT2D eigenvalue weighted by Crippen LogP contribution is -2.33. The van der Waals surface area contributed by atoms with Crippen LogP contribution in [0.15, 0.2) is 12.1 Å². The van der Waals surface area contributed by atoms with Crippen LogP contribution in [0.2, 0.25) is 4.34 Å². The predicted molar refractivity (Wildman–Crippen MR) is 84.5 cm³/mol. The zero-order valence-corrected chi connectivity index (χ0v) is 13.7. The highest BCUT2D eigenvalue weighted by Crippen LogP contribution is 2.32. The van der Waals surface area contributed by atoms with Gasteiger partial charge in [-0.3, -0.25) is 0 Å². The number of thiophene rings is 1. The summed E-state index contributed by atoms with van der Waals surface area (Å²) >= 11 is 7.65. The quantitative estimate of drug-likeness (QED) is 0.889.